The molecule has 1 unspecified atom stereocenters. The molecule has 94 valence electrons. The summed E-state index contributed by atoms with van der Waals surface area (Å²) < 4.78 is 7.68. The van der Waals surface area contributed by atoms with Gasteiger partial charge in [0.2, 0.25) is 0 Å². The van der Waals surface area contributed by atoms with E-state index < -0.39 is 0 Å². The van der Waals surface area contributed by atoms with E-state index in [1.54, 1.807) is 7.11 Å². The Bertz CT molecular complexity index is 559. The zero-order valence-electron chi connectivity index (χ0n) is 10.9. The summed E-state index contributed by atoms with van der Waals surface area (Å²) in [6.45, 7) is 3.37. The van der Waals surface area contributed by atoms with Gasteiger partial charge in [0.1, 0.15) is 11.6 Å². The molecule has 0 fully saturated rings. The number of para-hydroxylation sites is 1. The van der Waals surface area contributed by atoms with Crippen LogP contribution in [0.4, 0.5) is 0 Å². The van der Waals surface area contributed by atoms with Crippen LogP contribution in [0, 0.1) is 5.92 Å². The number of aryl methyl sites for hydroxylation is 1. The number of aromatic nitrogens is 2. The van der Waals surface area contributed by atoms with Crippen LogP contribution in [-0.2, 0) is 13.0 Å². The largest absolute Gasteiger partial charge is 0.496 e. The molecule has 3 heteroatoms. The van der Waals surface area contributed by atoms with Crippen molar-refractivity contribution in [3.8, 4) is 17.0 Å². The Labute approximate surface area is 107 Å². The van der Waals surface area contributed by atoms with Crippen LogP contribution >= 0.6 is 0 Å². The van der Waals surface area contributed by atoms with Crippen molar-refractivity contribution in [2.75, 3.05) is 7.11 Å². The molecule has 1 aromatic heterocycles. The zero-order chi connectivity index (χ0) is 12.5. The number of imidazole rings is 1. The molecule has 2 heterocycles. The molecule has 0 bridgehead atoms. The first kappa shape index (κ1) is 11.3. The molecule has 0 amide bonds. The number of rotatable bonds is 2. The van der Waals surface area contributed by atoms with Crippen molar-refractivity contribution in [1.29, 1.82) is 0 Å². The molecule has 0 radical (unpaired) electrons. The van der Waals surface area contributed by atoms with Crippen LogP contribution in [-0.4, -0.2) is 16.7 Å². The summed E-state index contributed by atoms with van der Waals surface area (Å²) in [6.07, 6.45) is 4.48. The van der Waals surface area contributed by atoms with Gasteiger partial charge in [-0.15, -0.1) is 0 Å². The van der Waals surface area contributed by atoms with E-state index in [4.69, 9.17) is 9.72 Å². The van der Waals surface area contributed by atoms with E-state index in [0.717, 1.165) is 35.9 Å². The number of fused-ring (bicyclic) bond motifs is 1. The summed E-state index contributed by atoms with van der Waals surface area (Å²) in [4.78, 5) is 4.76. The maximum Gasteiger partial charge on any atom is 0.128 e. The van der Waals surface area contributed by atoms with Gasteiger partial charge in [-0.3, -0.25) is 0 Å². The second kappa shape index (κ2) is 4.48. The Hall–Kier alpha value is -1.77. The van der Waals surface area contributed by atoms with Gasteiger partial charge in [0.15, 0.2) is 0 Å². The van der Waals surface area contributed by atoms with Crippen molar-refractivity contribution in [1.82, 2.24) is 9.55 Å². The monoisotopic (exact) mass is 242 g/mol. The minimum absolute atomic E-state index is 0.741. The topological polar surface area (TPSA) is 27.1 Å². The molecule has 0 N–H and O–H groups in total. The van der Waals surface area contributed by atoms with Gasteiger partial charge >= 0.3 is 0 Å². The van der Waals surface area contributed by atoms with Crippen molar-refractivity contribution in [3.05, 3.63) is 36.3 Å². The van der Waals surface area contributed by atoms with Crippen LogP contribution < -0.4 is 4.74 Å². The molecular formula is C15H18N2O. The summed E-state index contributed by atoms with van der Waals surface area (Å²) in [5.41, 5.74) is 2.10. The third kappa shape index (κ3) is 1.90. The summed E-state index contributed by atoms with van der Waals surface area (Å²) >= 11 is 0. The lowest BCUT2D eigenvalue weighted by Crippen LogP contribution is -2.16. The Morgan fingerprint density at radius 3 is 3.00 bits per heavy atom. The van der Waals surface area contributed by atoms with Crippen molar-refractivity contribution >= 4 is 0 Å². The van der Waals surface area contributed by atoms with Gasteiger partial charge in [0, 0.05) is 24.7 Å². The maximum absolute atomic E-state index is 5.40. The number of nitrogens with zero attached hydrogens (tertiary/aromatic N) is 2. The fourth-order valence-corrected chi connectivity index (χ4v) is 2.57. The molecule has 0 saturated carbocycles. The summed E-state index contributed by atoms with van der Waals surface area (Å²) in [5, 5.41) is 0. The quantitative estimate of drug-likeness (QED) is 0.809. The highest BCUT2D eigenvalue weighted by molar-refractivity contribution is 5.66. The fraction of sp³-hybridized carbons (Fsp3) is 0.400. The second-order valence-corrected chi connectivity index (χ2v) is 5.03. The molecule has 2 aromatic rings. The number of benzene rings is 1. The van der Waals surface area contributed by atoms with E-state index >= 15 is 0 Å². The molecule has 3 rings (SSSR count). The standard InChI is InChI=1S/C15H18N2O/c1-11-7-8-17-10-13(16-15(17)9-11)12-5-3-4-6-14(12)18-2/h3-6,10-11H,7-9H2,1-2H3. The van der Waals surface area contributed by atoms with Gasteiger partial charge < -0.3 is 9.30 Å². The molecule has 0 saturated heterocycles. The number of hydrogen-bond acceptors (Lipinski definition) is 2. The molecule has 3 nitrogen and oxygen atoms in total. The molecule has 1 aliphatic rings. The molecule has 1 aliphatic heterocycles. The van der Waals surface area contributed by atoms with Crippen LogP contribution in [0.2, 0.25) is 0 Å². The van der Waals surface area contributed by atoms with E-state index in [2.05, 4.69) is 23.8 Å². The smallest absolute Gasteiger partial charge is 0.128 e. The first-order valence-corrected chi connectivity index (χ1v) is 6.47. The first-order valence-electron chi connectivity index (χ1n) is 6.47. The molecule has 1 aromatic carbocycles. The Balaban J connectivity index is 2.02. The summed E-state index contributed by atoms with van der Waals surface area (Å²) in [5.74, 6) is 2.83. The minimum Gasteiger partial charge on any atom is -0.496 e. The lowest BCUT2D eigenvalue weighted by molar-refractivity contribution is 0.409. The van der Waals surface area contributed by atoms with Gasteiger partial charge in [0.25, 0.3) is 0 Å². The van der Waals surface area contributed by atoms with E-state index in [0.29, 0.717) is 0 Å². The van der Waals surface area contributed by atoms with Crippen LogP contribution in [0.5, 0.6) is 5.75 Å². The average molecular weight is 242 g/mol. The molecule has 0 spiro atoms. The fourth-order valence-electron chi connectivity index (χ4n) is 2.57. The van der Waals surface area contributed by atoms with Gasteiger partial charge in [-0.2, -0.15) is 0 Å². The molecule has 18 heavy (non-hydrogen) atoms. The van der Waals surface area contributed by atoms with Gasteiger partial charge in [-0.05, 0) is 24.5 Å². The SMILES string of the molecule is COc1ccccc1-c1cn2c(n1)CC(C)CC2. The Kier molecular flexibility index (Phi) is 2.82. The van der Waals surface area contributed by atoms with Gasteiger partial charge in [0.05, 0.1) is 12.8 Å². The van der Waals surface area contributed by atoms with Crippen LogP contribution in [0.1, 0.15) is 19.2 Å². The van der Waals surface area contributed by atoms with Crippen molar-refractivity contribution in [2.45, 2.75) is 26.3 Å². The molecule has 1 atom stereocenters. The average Bonchev–Trinajstić information content (AvgIpc) is 2.81. The van der Waals surface area contributed by atoms with Crippen LogP contribution in [0.3, 0.4) is 0 Å². The highest BCUT2D eigenvalue weighted by Crippen LogP contribution is 2.30. The first-order chi connectivity index (χ1) is 8.78. The van der Waals surface area contributed by atoms with E-state index in [9.17, 15) is 0 Å². The number of ether oxygens (including phenoxy) is 1. The van der Waals surface area contributed by atoms with E-state index in [-0.39, 0.29) is 0 Å². The third-order valence-corrected chi connectivity index (χ3v) is 3.64. The van der Waals surface area contributed by atoms with Crippen LogP contribution in [0.25, 0.3) is 11.3 Å². The van der Waals surface area contributed by atoms with Crippen molar-refractivity contribution in [3.63, 3.8) is 0 Å². The predicted molar refractivity (Wildman–Crippen MR) is 71.7 cm³/mol. The second-order valence-electron chi connectivity index (χ2n) is 5.03. The Morgan fingerprint density at radius 2 is 2.17 bits per heavy atom. The van der Waals surface area contributed by atoms with Gasteiger partial charge in [-0.1, -0.05) is 19.1 Å². The lowest BCUT2D eigenvalue weighted by Gasteiger charge is -2.18. The molecular weight excluding hydrogens is 224 g/mol. The Morgan fingerprint density at radius 1 is 1.33 bits per heavy atom. The van der Waals surface area contributed by atoms with E-state index in [1.165, 1.54) is 12.2 Å². The lowest BCUT2D eigenvalue weighted by atomic mass is 10.0. The maximum atomic E-state index is 5.40. The van der Waals surface area contributed by atoms with Crippen LogP contribution in [0.15, 0.2) is 30.5 Å². The summed E-state index contributed by atoms with van der Waals surface area (Å²) in [6, 6.07) is 8.06. The third-order valence-electron chi connectivity index (χ3n) is 3.64. The number of methoxy groups -OCH3 is 1. The molecule has 0 aliphatic carbocycles. The summed E-state index contributed by atoms with van der Waals surface area (Å²) in [7, 11) is 1.71. The number of hydrogen-bond donors (Lipinski definition) is 0. The zero-order valence-corrected chi connectivity index (χ0v) is 10.9. The normalized spacial score (nSPS) is 18.4. The van der Waals surface area contributed by atoms with Crippen molar-refractivity contribution < 1.29 is 4.74 Å². The highest BCUT2D eigenvalue weighted by Gasteiger charge is 2.18. The van der Waals surface area contributed by atoms with Gasteiger partial charge in [-0.25, -0.2) is 4.98 Å². The minimum atomic E-state index is 0.741. The highest BCUT2D eigenvalue weighted by atomic mass is 16.5. The predicted octanol–water partition coefficient (Wildman–Crippen LogP) is 3.14. The van der Waals surface area contributed by atoms with Crippen molar-refractivity contribution in [2.24, 2.45) is 5.92 Å². The van der Waals surface area contributed by atoms with E-state index in [1.807, 2.05) is 18.2 Å².